The van der Waals surface area contributed by atoms with Crippen molar-refractivity contribution in [2.75, 3.05) is 24.6 Å². The van der Waals surface area contributed by atoms with Crippen LogP contribution in [0.15, 0.2) is 18.3 Å². The van der Waals surface area contributed by atoms with Crippen LogP contribution in [0.2, 0.25) is 0 Å². The zero-order chi connectivity index (χ0) is 14.0. The lowest BCUT2D eigenvalue weighted by atomic mass is 10.0. The number of hydrogen-bond donors (Lipinski definition) is 2. The maximum Gasteiger partial charge on any atom is 0.0988 e. The van der Waals surface area contributed by atoms with Crippen molar-refractivity contribution in [2.45, 2.75) is 38.5 Å². The third-order valence-electron chi connectivity index (χ3n) is 3.29. The van der Waals surface area contributed by atoms with Gasteiger partial charge < -0.3 is 20.5 Å². The lowest BCUT2D eigenvalue weighted by molar-refractivity contribution is -0.101. The molecule has 106 valence electrons. The maximum absolute atomic E-state index is 9.32. The van der Waals surface area contributed by atoms with Crippen LogP contribution < -0.4 is 10.6 Å². The fourth-order valence-corrected chi connectivity index (χ4v) is 2.44. The second-order valence-corrected chi connectivity index (χ2v) is 5.79. The zero-order valence-corrected chi connectivity index (χ0v) is 11.8. The number of anilines is 1. The number of aliphatic hydroxyl groups is 1. The summed E-state index contributed by atoms with van der Waals surface area (Å²) in [7, 11) is 0. The van der Waals surface area contributed by atoms with Gasteiger partial charge in [-0.3, -0.25) is 4.98 Å². The van der Waals surface area contributed by atoms with Gasteiger partial charge in [0.25, 0.3) is 0 Å². The Balaban J connectivity index is 2.16. The SMILES string of the molecule is C[C@@H](N)c1ccc(N2CC(CO)OC(C)(C)C2)cn1. The highest BCUT2D eigenvalue weighted by atomic mass is 16.5. The molecule has 0 bridgehead atoms. The number of pyridine rings is 1. The highest BCUT2D eigenvalue weighted by Gasteiger charge is 2.33. The van der Waals surface area contributed by atoms with Crippen molar-refractivity contribution in [1.82, 2.24) is 4.98 Å². The monoisotopic (exact) mass is 265 g/mol. The summed E-state index contributed by atoms with van der Waals surface area (Å²) < 4.78 is 5.80. The van der Waals surface area contributed by atoms with Crippen LogP contribution in [0.4, 0.5) is 5.69 Å². The van der Waals surface area contributed by atoms with Crippen LogP contribution in [0.1, 0.15) is 32.5 Å². The van der Waals surface area contributed by atoms with Crippen molar-refractivity contribution >= 4 is 5.69 Å². The van der Waals surface area contributed by atoms with Crippen LogP contribution in [-0.2, 0) is 4.74 Å². The van der Waals surface area contributed by atoms with Crippen molar-refractivity contribution in [3.05, 3.63) is 24.0 Å². The number of hydrogen-bond acceptors (Lipinski definition) is 5. The topological polar surface area (TPSA) is 71.6 Å². The minimum Gasteiger partial charge on any atom is -0.394 e. The number of nitrogens with two attached hydrogens (primary N) is 1. The van der Waals surface area contributed by atoms with Gasteiger partial charge in [0.2, 0.25) is 0 Å². The molecule has 1 aliphatic heterocycles. The molecule has 1 fully saturated rings. The first kappa shape index (κ1) is 14.2. The summed E-state index contributed by atoms with van der Waals surface area (Å²) in [6.45, 7) is 7.48. The van der Waals surface area contributed by atoms with Crippen LogP contribution in [0.25, 0.3) is 0 Å². The summed E-state index contributed by atoms with van der Waals surface area (Å²) in [5.74, 6) is 0. The smallest absolute Gasteiger partial charge is 0.0988 e. The van der Waals surface area contributed by atoms with Crippen molar-refractivity contribution in [3.63, 3.8) is 0 Å². The molecule has 0 radical (unpaired) electrons. The van der Waals surface area contributed by atoms with E-state index in [-0.39, 0.29) is 24.4 Å². The van der Waals surface area contributed by atoms with Gasteiger partial charge in [-0.15, -0.1) is 0 Å². The van der Waals surface area contributed by atoms with Crippen molar-refractivity contribution < 1.29 is 9.84 Å². The Morgan fingerprint density at radius 2 is 2.32 bits per heavy atom. The van der Waals surface area contributed by atoms with Crippen LogP contribution >= 0.6 is 0 Å². The molecule has 1 aromatic heterocycles. The zero-order valence-electron chi connectivity index (χ0n) is 11.8. The van der Waals surface area contributed by atoms with E-state index in [9.17, 15) is 5.11 Å². The molecule has 1 unspecified atom stereocenters. The summed E-state index contributed by atoms with van der Waals surface area (Å²) in [4.78, 5) is 6.58. The molecule has 2 rings (SSSR count). The number of nitrogens with zero attached hydrogens (tertiary/aromatic N) is 2. The van der Waals surface area contributed by atoms with Gasteiger partial charge >= 0.3 is 0 Å². The van der Waals surface area contributed by atoms with Crippen LogP contribution in [0.5, 0.6) is 0 Å². The predicted molar refractivity (Wildman–Crippen MR) is 75.1 cm³/mol. The van der Waals surface area contributed by atoms with E-state index in [4.69, 9.17) is 10.5 Å². The van der Waals surface area contributed by atoms with E-state index < -0.39 is 0 Å². The molecule has 0 amide bonds. The summed E-state index contributed by atoms with van der Waals surface area (Å²) >= 11 is 0. The Morgan fingerprint density at radius 1 is 1.58 bits per heavy atom. The van der Waals surface area contributed by atoms with E-state index in [1.54, 1.807) is 0 Å². The molecule has 3 N–H and O–H groups in total. The van der Waals surface area contributed by atoms with E-state index in [1.807, 2.05) is 39.1 Å². The fourth-order valence-electron chi connectivity index (χ4n) is 2.44. The lowest BCUT2D eigenvalue weighted by Gasteiger charge is -2.43. The van der Waals surface area contributed by atoms with E-state index in [0.29, 0.717) is 6.54 Å². The van der Waals surface area contributed by atoms with Crippen molar-refractivity contribution in [3.8, 4) is 0 Å². The highest BCUT2D eigenvalue weighted by molar-refractivity contribution is 5.46. The van der Waals surface area contributed by atoms with Crippen LogP contribution in [-0.4, -0.2) is 41.5 Å². The summed E-state index contributed by atoms with van der Waals surface area (Å²) in [6, 6.07) is 3.93. The van der Waals surface area contributed by atoms with Gasteiger partial charge in [0.05, 0.1) is 35.9 Å². The summed E-state index contributed by atoms with van der Waals surface area (Å²) in [5, 5.41) is 9.32. The van der Waals surface area contributed by atoms with Crippen LogP contribution in [0, 0.1) is 0 Å². The van der Waals surface area contributed by atoms with Crippen molar-refractivity contribution in [2.24, 2.45) is 5.73 Å². The molecule has 0 aliphatic carbocycles. The van der Waals surface area contributed by atoms with Crippen molar-refractivity contribution in [1.29, 1.82) is 0 Å². The molecule has 2 atom stereocenters. The van der Waals surface area contributed by atoms with Gasteiger partial charge in [-0.25, -0.2) is 0 Å². The Kier molecular flexibility index (Phi) is 4.08. The molecule has 1 aliphatic rings. The number of ether oxygens (including phenoxy) is 1. The molecule has 19 heavy (non-hydrogen) atoms. The van der Waals surface area contributed by atoms with Crippen LogP contribution in [0.3, 0.4) is 0 Å². The molecule has 0 aromatic carbocycles. The number of rotatable bonds is 3. The number of aromatic nitrogens is 1. The first-order valence-corrected chi connectivity index (χ1v) is 6.66. The highest BCUT2D eigenvalue weighted by Crippen LogP contribution is 2.26. The maximum atomic E-state index is 9.32. The van der Waals surface area contributed by atoms with Gasteiger partial charge in [0.15, 0.2) is 0 Å². The largest absolute Gasteiger partial charge is 0.394 e. The minimum absolute atomic E-state index is 0.0330. The molecule has 0 saturated carbocycles. The van der Waals surface area contributed by atoms with Gasteiger partial charge in [0.1, 0.15) is 0 Å². The first-order valence-electron chi connectivity index (χ1n) is 6.66. The Hall–Kier alpha value is -1.17. The number of aliphatic hydroxyl groups excluding tert-OH is 1. The molecule has 0 spiro atoms. The Morgan fingerprint density at radius 3 is 2.84 bits per heavy atom. The molecular weight excluding hydrogens is 242 g/mol. The molecule has 1 saturated heterocycles. The van der Waals surface area contributed by atoms with E-state index in [1.165, 1.54) is 0 Å². The van der Waals surface area contributed by atoms with Gasteiger partial charge in [-0.05, 0) is 32.9 Å². The first-order chi connectivity index (χ1) is 8.91. The van der Waals surface area contributed by atoms with Gasteiger partial charge in [-0.2, -0.15) is 0 Å². The van der Waals surface area contributed by atoms with Gasteiger partial charge in [-0.1, -0.05) is 0 Å². The summed E-state index contributed by atoms with van der Waals surface area (Å²) in [6.07, 6.45) is 1.69. The second-order valence-electron chi connectivity index (χ2n) is 5.79. The second kappa shape index (κ2) is 5.45. The third-order valence-corrected chi connectivity index (χ3v) is 3.29. The average molecular weight is 265 g/mol. The average Bonchev–Trinajstić information content (AvgIpc) is 2.37. The third kappa shape index (κ3) is 3.43. The molecular formula is C14H23N3O2. The fraction of sp³-hybridized carbons (Fsp3) is 0.643. The van der Waals surface area contributed by atoms with E-state index in [2.05, 4.69) is 9.88 Å². The quantitative estimate of drug-likeness (QED) is 0.855. The summed E-state index contributed by atoms with van der Waals surface area (Å²) in [5.41, 5.74) is 7.45. The molecule has 2 heterocycles. The number of morpholine rings is 1. The Bertz CT molecular complexity index is 417. The van der Waals surface area contributed by atoms with E-state index >= 15 is 0 Å². The molecule has 1 aromatic rings. The predicted octanol–water partition coefficient (Wildman–Crippen LogP) is 1.08. The molecule has 5 nitrogen and oxygen atoms in total. The lowest BCUT2D eigenvalue weighted by Crippen LogP contribution is -2.54. The van der Waals surface area contributed by atoms with Gasteiger partial charge in [0, 0.05) is 19.1 Å². The molecule has 5 heteroatoms. The standard InChI is InChI=1S/C14H23N3O2/c1-10(15)13-5-4-11(6-16-13)17-7-12(8-18)19-14(2,3)9-17/h4-6,10,12,18H,7-9,15H2,1-3H3/t10-,12?/m1/s1. The normalized spacial score (nSPS) is 24.3. The minimum atomic E-state index is -0.272. The Labute approximate surface area is 114 Å². The van der Waals surface area contributed by atoms with E-state index in [0.717, 1.165) is 17.9 Å².